The topological polar surface area (TPSA) is 63.3 Å². The Morgan fingerprint density at radius 3 is 1.91 bits per heavy atom. The number of carboxylic acids is 1. The summed E-state index contributed by atoms with van der Waals surface area (Å²) < 4.78 is 0. The quantitative estimate of drug-likeness (QED) is 0.636. The first kappa shape index (κ1) is 10.4. The van der Waals surface area contributed by atoms with Gasteiger partial charge in [0.2, 0.25) is 0 Å². The van der Waals surface area contributed by atoms with Crippen molar-refractivity contribution in [1.82, 2.24) is 0 Å². The van der Waals surface area contributed by atoms with Crippen molar-refractivity contribution in [3.05, 3.63) is 0 Å². The molecule has 3 N–H and O–H groups in total. The van der Waals surface area contributed by atoms with Crippen LogP contribution < -0.4 is 5.73 Å². The zero-order chi connectivity index (χ0) is 8.91. The molecule has 0 heterocycles. The van der Waals surface area contributed by atoms with Crippen LogP contribution >= 0.6 is 0 Å². The average Bonchev–Trinajstić information content (AvgIpc) is 1.88. The lowest BCUT2D eigenvalue weighted by Gasteiger charge is -2.22. The summed E-state index contributed by atoms with van der Waals surface area (Å²) in [5.41, 5.74) is 4.68. The lowest BCUT2D eigenvalue weighted by atomic mass is 9.90. The van der Waals surface area contributed by atoms with Crippen molar-refractivity contribution in [2.24, 2.45) is 5.73 Å². The number of hydrogen-bond donors (Lipinski definition) is 2. The van der Waals surface area contributed by atoms with E-state index in [0.717, 1.165) is 12.8 Å². The van der Waals surface area contributed by atoms with Gasteiger partial charge in [0.25, 0.3) is 0 Å². The Labute approximate surface area is 67.6 Å². The van der Waals surface area contributed by atoms with E-state index in [1.54, 1.807) is 0 Å². The highest BCUT2D eigenvalue weighted by Gasteiger charge is 2.31. The van der Waals surface area contributed by atoms with E-state index in [2.05, 4.69) is 0 Å². The second-order valence-electron chi connectivity index (χ2n) is 2.96. The predicted molar refractivity (Wildman–Crippen MR) is 44.4 cm³/mol. The molecule has 3 heteroatoms. The summed E-state index contributed by atoms with van der Waals surface area (Å²) in [6.45, 7) is 3.89. The van der Waals surface area contributed by atoms with Gasteiger partial charge in [0.1, 0.15) is 5.54 Å². The maximum atomic E-state index is 10.7. The van der Waals surface area contributed by atoms with Crippen molar-refractivity contribution in [1.29, 1.82) is 0 Å². The number of hydrogen-bond acceptors (Lipinski definition) is 2. The number of carbonyl (C=O) groups is 1. The minimum atomic E-state index is -0.983. The second-order valence-corrected chi connectivity index (χ2v) is 2.96. The van der Waals surface area contributed by atoms with E-state index in [1.807, 2.05) is 13.8 Å². The van der Waals surface area contributed by atoms with E-state index in [0.29, 0.717) is 12.8 Å². The maximum Gasteiger partial charge on any atom is 0.323 e. The number of nitrogens with two attached hydrogens (primary N) is 1. The summed E-state index contributed by atoms with van der Waals surface area (Å²) in [6.07, 6.45) is 2.78. The van der Waals surface area contributed by atoms with Crippen LogP contribution in [0.3, 0.4) is 0 Å². The van der Waals surface area contributed by atoms with Crippen molar-refractivity contribution in [2.75, 3.05) is 0 Å². The Balaban J connectivity index is 4.13. The van der Waals surface area contributed by atoms with Gasteiger partial charge < -0.3 is 10.8 Å². The molecule has 11 heavy (non-hydrogen) atoms. The highest BCUT2D eigenvalue weighted by atomic mass is 16.4. The Kier molecular flexibility index (Phi) is 4.11. The van der Waals surface area contributed by atoms with Crippen molar-refractivity contribution < 1.29 is 9.90 Å². The van der Waals surface area contributed by atoms with Crippen molar-refractivity contribution in [3.8, 4) is 0 Å². The first-order valence-electron chi connectivity index (χ1n) is 4.09. The van der Waals surface area contributed by atoms with Crippen LogP contribution in [0, 0.1) is 0 Å². The minimum Gasteiger partial charge on any atom is -0.480 e. The molecule has 0 rings (SSSR count). The monoisotopic (exact) mass is 159 g/mol. The number of aliphatic carboxylic acids is 1. The summed E-state index contributed by atoms with van der Waals surface area (Å²) in [5, 5.41) is 8.77. The highest BCUT2D eigenvalue weighted by Crippen LogP contribution is 2.16. The van der Waals surface area contributed by atoms with E-state index in [-0.39, 0.29) is 0 Å². The normalized spacial score (nSPS) is 11.5. The molecule has 0 spiro atoms. The molecule has 0 saturated carbocycles. The van der Waals surface area contributed by atoms with Gasteiger partial charge in [0.05, 0.1) is 0 Å². The van der Waals surface area contributed by atoms with Gasteiger partial charge in [-0.1, -0.05) is 26.7 Å². The molecule has 0 atom stereocenters. The highest BCUT2D eigenvalue weighted by molar-refractivity contribution is 5.78. The standard InChI is InChI=1S/C8H17NO2/c1-3-5-8(9,6-4-2)7(10)11/h3-6,9H2,1-2H3,(H,10,11). The third-order valence-electron chi connectivity index (χ3n) is 1.82. The molecular weight excluding hydrogens is 142 g/mol. The van der Waals surface area contributed by atoms with Crippen LogP contribution in [0.25, 0.3) is 0 Å². The summed E-state index contributed by atoms with van der Waals surface area (Å²) in [4.78, 5) is 10.7. The largest absolute Gasteiger partial charge is 0.480 e. The Morgan fingerprint density at radius 2 is 1.73 bits per heavy atom. The molecule has 0 radical (unpaired) electrons. The van der Waals surface area contributed by atoms with E-state index in [4.69, 9.17) is 10.8 Å². The van der Waals surface area contributed by atoms with E-state index in [1.165, 1.54) is 0 Å². The van der Waals surface area contributed by atoms with Crippen LogP contribution in [0.4, 0.5) is 0 Å². The molecule has 0 unspecified atom stereocenters. The molecule has 0 amide bonds. The van der Waals surface area contributed by atoms with E-state index < -0.39 is 11.5 Å². The third kappa shape index (κ3) is 2.89. The molecule has 0 saturated heterocycles. The molecule has 0 aliphatic rings. The van der Waals surface area contributed by atoms with Gasteiger partial charge in [-0.05, 0) is 12.8 Å². The average molecular weight is 159 g/mol. The number of rotatable bonds is 5. The fraction of sp³-hybridized carbons (Fsp3) is 0.875. The maximum absolute atomic E-state index is 10.7. The van der Waals surface area contributed by atoms with Crippen LogP contribution in [-0.4, -0.2) is 16.6 Å². The van der Waals surface area contributed by atoms with Crippen molar-refractivity contribution in [2.45, 2.75) is 45.1 Å². The molecule has 3 nitrogen and oxygen atoms in total. The van der Waals surface area contributed by atoms with Gasteiger partial charge in [-0.3, -0.25) is 4.79 Å². The molecule has 0 aliphatic heterocycles. The molecule has 0 aromatic rings. The van der Waals surface area contributed by atoms with Crippen LogP contribution in [0.5, 0.6) is 0 Å². The van der Waals surface area contributed by atoms with Crippen molar-refractivity contribution in [3.63, 3.8) is 0 Å². The Bertz CT molecular complexity index is 128. The molecule has 0 aliphatic carbocycles. The molecule has 0 bridgehead atoms. The second kappa shape index (κ2) is 4.34. The van der Waals surface area contributed by atoms with Crippen LogP contribution in [-0.2, 0) is 4.79 Å². The van der Waals surface area contributed by atoms with E-state index >= 15 is 0 Å². The summed E-state index contributed by atoms with van der Waals surface area (Å²) >= 11 is 0. The number of carboxylic acid groups (broad SMARTS) is 1. The molecular formula is C8H17NO2. The molecule has 0 fully saturated rings. The smallest absolute Gasteiger partial charge is 0.323 e. The zero-order valence-electron chi connectivity index (χ0n) is 7.26. The third-order valence-corrected chi connectivity index (χ3v) is 1.82. The fourth-order valence-electron chi connectivity index (χ4n) is 1.23. The van der Waals surface area contributed by atoms with E-state index in [9.17, 15) is 4.79 Å². The van der Waals surface area contributed by atoms with Gasteiger partial charge >= 0.3 is 5.97 Å². The minimum absolute atomic E-state index is 0.566. The van der Waals surface area contributed by atoms with Crippen LogP contribution in [0.2, 0.25) is 0 Å². The Hall–Kier alpha value is -0.570. The van der Waals surface area contributed by atoms with Gasteiger partial charge in [-0.25, -0.2) is 0 Å². The lowest BCUT2D eigenvalue weighted by Crippen LogP contribution is -2.47. The molecule has 66 valence electrons. The fourth-order valence-corrected chi connectivity index (χ4v) is 1.23. The van der Waals surface area contributed by atoms with Gasteiger partial charge in [0, 0.05) is 0 Å². The predicted octanol–water partition coefficient (Wildman–Crippen LogP) is 1.37. The SMILES string of the molecule is CCCC(N)(CCC)C(=O)O. The van der Waals surface area contributed by atoms with Gasteiger partial charge in [0.15, 0.2) is 0 Å². The Morgan fingerprint density at radius 1 is 1.36 bits per heavy atom. The summed E-state index contributed by atoms with van der Waals surface area (Å²) in [7, 11) is 0. The van der Waals surface area contributed by atoms with Crippen LogP contribution in [0.15, 0.2) is 0 Å². The lowest BCUT2D eigenvalue weighted by molar-refractivity contribution is -0.144. The van der Waals surface area contributed by atoms with Crippen molar-refractivity contribution >= 4 is 5.97 Å². The molecule has 0 aromatic carbocycles. The molecule has 0 aromatic heterocycles. The first-order valence-corrected chi connectivity index (χ1v) is 4.09. The summed E-state index contributed by atoms with van der Waals surface area (Å²) in [6, 6.07) is 0. The van der Waals surface area contributed by atoms with Gasteiger partial charge in [-0.15, -0.1) is 0 Å². The van der Waals surface area contributed by atoms with Crippen LogP contribution in [0.1, 0.15) is 39.5 Å². The zero-order valence-corrected chi connectivity index (χ0v) is 7.26. The first-order chi connectivity index (χ1) is 5.06. The van der Waals surface area contributed by atoms with Gasteiger partial charge in [-0.2, -0.15) is 0 Å². The summed E-state index contributed by atoms with van der Waals surface area (Å²) in [5.74, 6) is -0.874.